The molecule has 3 N–H and O–H groups in total. The smallest absolute Gasteiger partial charge is 0.226 e. The molecule has 0 aliphatic carbocycles. The molecule has 0 spiro atoms. The molecule has 8 heteroatoms. The Morgan fingerprint density at radius 2 is 2.07 bits per heavy atom. The minimum absolute atomic E-state index is 0. The van der Waals surface area contributed by atoms with Crippen molar-refractivity contribution in [2.75, 3.05) is 25.5 Å². The van der Waals surface area contributed by atoms with Gasteiger partial charge in [0.1, 0.15) is 0 Å². The van der Waals surface area contributed by atoms with Crippen LogP contribution in [0.4, 0.5) is 5.69 Å². The molecule has 0 saturated carbocycles. The molecule has 0 saturated heterocycles. The van der Waals surface area contributed by atoms with E-state index < -0.39 is 0 Å². The summed E-state index contributed by atoms with van der Waals surface area (Å²) in [5.74, 6) is 1.09. The topological polar surface area (TPSA) is 65.5 Å². The van der Waals surface area contributed by atoms with E-state index >= 15 is 0 Å². The first-order valence-electron chi connectivity index (χ1n) is 8.52. The average Bonchev–Trinajstić information content (AvgIpc) is 3.15. The molecule has 0 radical (unpaired) electrons. The summed E-state index contributed by atoms with van der Waals surface area (Å²) in [6.07, 6.45) is 0.368. The van der Waals surface area contributed by atoms with Gasteiger partial charge in [-0.05, 0) is 52.9 Å². The van der Waals surface area contributed by atoms with E-state index in [-0.39, 0.29) is 29.9 Å². The summed E-state index contributed by atoms with van der Waals surface area (Å²) in [5.41, 5.74) is 3.19. The van der Waals surface area contributed by atoms with Crippen molar-refractivity contribution >= 4 is 68.8 Å². The Morgan fingerprint density at radius 1 is 1.30 bits per heavy atom. The Labute approximate surface area is 190 Å². The summed E-state index contributed by atoms with van der Waals surface area (Å²) < 4.78 is 0.945. The third-order valence-electron chi connectivity index (χ3n) is 4.03. The van der Waals surface area contributed by atoms with Gasteiger partial charge in [0, 0.05) is 36.7 Å². The molecule has 2 rings (SSSR count). The number of carbonyl (C=O) groups excluding carboxylic acids is 1. The van der Waals surface area contributed by atoms with E-state index in [9.17, 15) is 4.79 Å². The van der Waals surface area contributed by atoms with Gasteiger partial charge >= 0.3 is 0 Å². The summed E-state index contributed by atoms with van der Waals surface area (Å²) >= 11 is 5.13. The van der Waals surface area contributed by atoms with Crippen molar-refractivity contribution in [3.8, 4) is 0 Å². The minimum Gasteiger partial charge on any atom is -0.356 e. The Balaban J connectivity index is 0.00000364. The van der Waals surface area contributed by atoms with Crippen LogP contribution in [0, 0.1) is 6.92 Å². The number of amides is 1. The van der Waals surface area contributed by atoms with Gasteiger partial charge in [-0.25, -0.2) is 0 Å². The number of anilines is 1. The zero-order valence-corrected chi connectivity index (χ0v) is 20.4. The molecule has 0 fully saturated rings. The first-order valence-corrected chi connectivity index (χ1v) is 10.3. The highest BCUT2D eigenvalue weighted by Crippen LogP contribution is 2.20. The quantitative estimate of drug-likeness (QED) is 0.259. The van der Waals surface area contributed by atoms with Crippen molar-refractivity contribution in [2.24, 2.45) is 4.99 Å². The van der Waals surface area contributed by atoms with Crippen molar-refractivity contribution < 1.29 is 4.79 Å². The number of guanidine groups is 1. The van der Waals surface area contributed by atoms with Crippen molar-refractivity contribution in [1.82, 2.24) is 10.6 Å². The van der Waals surface area contributed by atoms with Crippen LogP contribution in [0.3, 0.4) is 0 Å². The molecule has 1 unspecified atom stereocenters. The number of nitrogens with zero attached hydrogens (tertiary/aromatic N) is 1. The number of carbonyl (C=O) groups is 1. The normalized spacial score (nSPS) is 12.1. The molecule has 5 nitrogen and oxygen atoms in total. The highest BCUT2D eigenvalue weighted by atomic mass is 127. The number of aryl methyl sites for hydroxylation is 1. The van der Waals surface area contributed by atoms with Gasteiger partial charge in [-0.1, -0.05) is 28.9 Å². The van der Waals surface area contributed by atoms with Crippen LogP contribution in [0.2, 0.25) is 0 Å². The molecule has 148 valence electrons. The fraction of sp³-hybridized carbons (Fsp3) is 0.368. The highest BCUT2D eigenvalue weighted by Gasteiger charge is 2.08. The zero-order valence-electron chi connectivity index (χ0n) is 15.7. The molecule has 27 heavy (non-hydrogen) atoms. The van der Waals surface area contributed by atoms with Gasteiger partial charge in [0.15, 0.2) is 5.96 Å². The van der Waals surface area contributed by atoms with Crippen molar-refractivity contribution in [3.63, 3.8) is 0 Å². The van der Waals surface area contributed by atoms with Crippen LogP contribution in [-0.4, -0.2) is 32.0 Å². The molecule has 0 aliphatic rings. The predicted octanol–water partition coefficient (Wildman–Crippen LogP) is 4.73. The van der Waals surface area contributed by atoms with E-state index in [0.29, 0.717) is 24.8 Å². The molecule has 1 amide bonds. The lowest BCUT2D eigenvalue weighted by Crippen LogP contribution is -2.40. The van der Waals surface area contributed by atoms with Crippen LogP contribution in [0.25, 0.3) is 0 Å². The molecular formula is C19H26BrIN4OS. The first-order chi connectivity index (χ1) is 12.5. The molecule has 1 aromatic carbocycles. The lowest BCUT2D eigenvalue weighted by atomic mass is 10.1. The Bertz CT molecular complexity index is 752. The molecule has 1 heterocycles. The summed E-state index contributed by atoms with van der Waals surface area (Å²) in [7, 11) is 1.73. The second-order valence-electron chi connectivity index (χ2n) is 6.10. The Morgan fingerprint density at radius 3 is 2.74 bits per heavy atom. The molecule has 2 aromatic rings. The predicted molar refractivity (Wildman–Crippen MR) is 130 cm³/mol. The van der Waals surface area contributed by atoms with E-state index in [0.717, 1.165) is 22.3 Å². The van der Waals surface area contributed by atoms with Gasteiger partial charge in [-0.3, -0.25) is 9.79 Å². The maximum atomic E-state index is 12.1. The van der Waals surface area contributed by atoms with Crippen LogP contribution in [-0.2, 0) is 4.79 Å². The number of thiophene rings is 1. The SMILES string of the molecule is CN=C(NCCC(=O)Nc1cc(Br)ccc1C)NCC(C)c1ccsc1.I. The summed E-state index contributed by atoms with van der Waals surface area (Å²) in [4.78, 5) is 16.3. The maximum absolute atomic E-state index is 12.1. The molecule has 1 aromatic heterocycles. The zero-order chi connectivity index (χ0) is 18.9. The van der Waals surface area contributed by atoms with Gasteiger partial charge in [0.25, 0.3) is 0 Å². The van der Waals surface area contributed by atoms with E-state index in [4.69, 9.17) is 0 Å². The van der Waals surface area contributed by atoms with E-state index in [1.807, 2.05) is 25.1 Å². The van der Waals surface area contributed by atoms with Crippen molar-refractivity contribution in [1.29, 1.82) is 0 Å². The number of hydrogen-bond acceptors (Lipinski definition) is 3. The van der Waals surface area contributed by atoms with Gasteiger partial charge in [-0.2, -0.15) is 11.3 Å². The fourth-order valence-electron chi connectivity index (χ4n) is 2.38. The number of aliphatic imine (C=N–C) groups is 1. The summed E-state index contributed by atoms with van der Waals surface area (Å²) in [6, 6.07) is 7.98. The minimum atomic E-state index is -0.0270. The second kappa shape index (κ2) is 12.4. The van der Waals surface area contributed by atoms with E-state index in [1.54, 1.807) is 18.4 Å². The standard InChI is InChI=1S/C19H25BrN4OS.HI/c1-13-4-5-16(20)10-17(13)24-18(25)6-8-22-19(21-3)23-11-14(2)15-7-9-26-12-15;/h4-5,7,9-10,12,14H,6,8,11H2,1-3H3,(H,24,25)(H2,21,22,23);1H. The fourth-order valence-corrected chi connectivity index (χ4v) is 3.52. The van der Waals surface area contributed by atoms with E-state index in [2.05, 4.69) is 60.6 Å². The number of nitrogens with one attached hydrogen (secondary N) is 3. The summed E-state index contributed by atoms with van der Waals surface area (Å²) in [5, 5.41) is 13.7. The number of benzene rings is 1. The highest BCUT2D eigenvalue weighted by molar-refractivity contribution is 14.0. The van der Waals surface area contributed by atoms with Crippen molar-refractivity contribution in [2.45, 2.75) is 26.2 Å². The monoisotopic (exact) mass is 564 g/mol. The maximum Gasteiger partial charge on any atom is 0.226 e. The van der Waals surface area contributed by atoms with Crippen LogP contribution in [0.1, 0.15) is 30.4 Å². The Kier molecular flexibility index (Phi) is 10.9. The van der Waals surface area contributed by atoms with E-state index in [1.165, 1.54) is 5.56 Å². The molecule has 1 atom stereocenters. The van der Waals surface area contributed by atoms with Crippen molar-refractivity contribution in [3.05, 3.63) is 50.6 Å². The van der Waals surface area contributed by atoms with Crippen LogP contribution < -0.4 is 16.0 Å². The van der Waals surface area contributed by atoms with Gasteiger partial charge in [-0.15, -0.1) is 24.0 Å². The Hall–Kier alpha value is -1.13. The third kappa shape index (κ3) is 8.18. The van der Waals surface area contributed by atoms with Gasteiger partial charge in [0.05, 0.1) is 0 Å². The third-order valence-corrected chi connectivity index (χ3v) is 5.22. The van der Waals surface area contributed by atoms with Crippen LogP contribution in [0.5, 0.6) is 0 Å². The largest absolute Gasteiger partial charge is 0.356 e. The number of rotatable bonds is 7. The molecular weight excluding hydrogens is 539 g/mol. The van der Waals surface area contributed by atoms with Crippen LogP contribution in [0.15, 0.2) is 44.5 Å². The van der Waals surface area contributed by atoms with Crippen LogP contribution >= 0.6 is 51.2 Å². The molecule has 0 aliphatic heterocycles. The first kappa shape index (κ1) is 23.9. The molecule has 0 bridgehead atoms. The number of hydrogen-bond donors (Lipinski definition) is 3. The van der Waals surface area contributed by atoms with Gasteiger partial charge < -0.3 is 16.0 Å². The van der Waals surface area contributed by atoms with Gasteiger partial charge in [0.2, 0.25) is 5.91 Å². The lowest BCUT2D eigenvalue weighted by molar-refractivity contribution is -0.116. The summed E-state index contributed by atoms with van der Waals surface area (Å²) in [6.45, 7) is 5.46. The second-order valence-corrected chi connectivity index (χ2v) is 7.79. The lowest BCUT2D eigenvalue weighted by Gasteiger charge is -2.15. The average molecular weight is 565 g/mol. The number of halogens is 2.